The summed E-state index contributed by atoms with van der Waals surface area (Å²) < 4.78 is 5.05. The fourth-order valence-electron chi connectivity index (χ4n) is 2.70. The summed E-state index contributed by atoms with van der Waals surface area (Å²) in [7, 11) is 1.65. The van der Waals surface area contributed by atoms with E-state index in [1.165, 1.54) is 18.5 Å². The Balaban J connectivity index is 1.65. The monoisotopic (exact) mass is 219 g/mol. The lowest BCUT2D eigenvalue weighted by Crippen LogP contribution is -2.42. The van der Waals surface area contributed by atoms with E-state index in [1.807, 2.05) is 12.3 Å². The van der Waals surface area contributed by atoms with Crippen molar-refractivity contribution in [3.8, 4) is 5.88 Å². The summed E-state index contributed by atoms with van der Waals surface area (Å²) >= 11 is 0. The van der Waals surface area contributed by atoms with Crippen molar-refractivity contribution < 1.29 is 4.74 Å². The predicted molar refractivity (Wildman–Crippen MR) is 61.4 cm³/mol. The first kappa shape index (κ1) is 10.1. The normalized spacial score (nSPS) is 28.6. The molecule has 2 unspecified atom stereocenters. The molecule has 4 heteroatoms. The first-order valence-electron chi connectivity index (χ1n) is 5.81. The second-order valence-corrected chi connectivity index (χ2v) is 4.63. The number of ether oxygens (including phenoxy) is 1. The summed E-state index contributed by atoms with van der Waals surface area (Å²) in [6.45, 7) is 3.34. The summed E-state index contributed by atoms with van der Waals surface area (Å²) in [5.41, 5.74) is 1.27. The van der Waals surface area contributed by atoms with Gasteiger partial charge in [-0.2, -0.15) is 0 Å². The van der Waals surface area contributed by atoms with Gasteiger partial charge in [-0.15, -0.1) is 0 Å². The molecule has 16 heavy (non-hydrogen) atoms. The van der Waals surface area contributed by atoms with E-state index >= 15 is 0 Å². The largest absolute Gasteiger partial charge is 0.481 e. The number of nitrogens with one attached hydrogen (secondary N) is 1. The quantitative estimate of drug-likeness (QED) is 0.809. The number of nitrogens with zero attached hydrogens (tertiary/aromatic N) is 2. The summed E-state index contributed by atoms with van der Waals surface area (Å²) in [6.07, 6.45) is 3.22. The van der Waals surface area contributed by atoms with Crippen LogP contribution in [0.15, 0.2) is 18.3 Å². The highest BCUT2D eigenvalue weighted by Gasteiger charge is 2.37. The standard InChI is InChI=1S/C12H17N3O/c1-16-12-3-2-9(5-14-12)7-15-8-10-4-11(15)6-13-10/h2-3,5,10-11,13H,4,6-8H2,1H3. The number of fused-ring (bicyclic) bond motifs is 2. The van der Waals surface area contributed by atoms with Crippen molar-refractivity contribution in [2.45, 2.75) is 25.0 Å². The minimum Gasteiger partial charge on any atom is -0.481 e. The van der Waals surface area contributed by atoms with Crippen LogP contribution in [0.5, 0.6) is 5.88 Å². The summed E-state index contributed by atoms with van der Waals surface area (Å²) in [6, 6.07) is 5.48. The highest BCUT2D eigenvalue weighted by molar-refractivity contribution is 5.18. The Morgan fingerprint density at radius 2 is 2.50 bits per heavy atom. The zero-order chi connectivity index (χ0) is 11.0. The molecule has 0 aliphatic carbocycles. The van der Waals surface area contributed by atoms with Gasteiger partial charge < -0.3 is 10.1 Å². The van der Waals surface area contributed by atoms with E-state index in [1.54, 1.807) is 7.11 Å². The number of hydrogen-bond acceptors (Lipinski definition) is 4. The number of likely N-dealkylation sites (tertiary alicyclic amines) is 1. The lowest BCUT2D eigenvalue weighted by molar-refractivity contribution is 0.217. The Kier molecular flexibility index (Phi) is 2.53. The van der Waals surface area contributed by atoms with Crippen molar-refractivity contribution in [1.82, 2.24) is 15.2 Å². The maximum absolute atomic E-state index is 5.05. The molecule has 2 saturated heterocycles. The molecule has 2 fully saturated rings. The van der Waals surface area contributed by atoms with Crippen LogP contribution in [0, 0.1) is 0 Å². The molecule has 0 spiro atoms. The van der Waals surface area contributed by atoms with Gasteiger partial charge in [0.2, 0.25) is 5.88 Å². The van der Waals surface area contributed by atoms with Crippen LogP contribution in [0.3, 0.4) is 0 Å². The van der Waals surface area contributed by atoms with Gasteiger partial charge in [0.15, 0.2) is 0 Å². The SMILES string of the molecule is COc1ccc(CN2CC3CC2CN3)cn1. The molecular formula is C12H17N3O. The van der Waals surface area contributed by atoms with Crippen molar-refractivity contribution >= 4 is 0 Å². The molecule has 1 N–H and O–H groups in total. The molecular weight excluding hydrogens is 202 g/mol. The average Bonchev–Trinajstić information content (AvgIpc) is 2.92. The van der Waals surface area contributed by atoms with Gasteiger partial charge in [-0.3, -0.25) is 4.90 Å². The molecule has 4 nitrogen and oxygen atoms in total. The van der Waals surface area contributed by atoms with Crippen LogP contribution in [-0.2, 0) is 6.54 Å². The Bertz CT molecular complexity index is 365. The van der Waals surface area contributed by atoms with Gasteiger partial charge in [-0.05, 0) is 12.0 Å². The smallest absolute Gasteiger partial charge is 0.212 e. The second kappa shape index (κ2) is 4.03. The third-order valence-corrected chi connectivity index (χ3v) is 3.56. The molecule has 2 atom stereocenters. The van der Waals surface area contributed by atoms with Gasteiger partial charge in [-0.1, -0.05) is 6.07 Å². The Morgan fingerprint density at radius 1 is 1.56 bits per heavy atom. The molecule has 2 bridgehead atoms. The number of rotatable bonds is 3. The van der Waals surface area contributed by atoms with E-state index in [0.29, 0.717) is 5.88 Å². The number of pyridine rings is 1. The summed E-state index contributed by atoms with van der Waals surface area (Å²) in [4.78, 5) is 6.78. The average molecular weight is 219 g/mol. The minimum atomic E-state index is 0.688. The van der Waals surface area contributed by atoms with Crippen molar-refractivity contribution in [3.05, 3.63) is 23.9 Å². The molecule has 86 valence electrons. The van der Waals surface area contributed by atoms with Crippen LogP contribution in [0.25, 0.3) is 0 Å². The van der Waals surface area contributed by atoms with Gasteiger partial charge in [-0.25, -0.2) is 4.98 Å². The molecule has 1 aromatic rings. The maximum Gasteiger partial charge on any atom is 0.212 e. The van der Waals surface area contributed by atoms with E-state index in [9.17, 15) is 0 Å². The molecule has 3 heterocycles. The van der Waals surface area contributed by atoms with E-state index in [4.69, 9.17) is 4.74 Å². The summed E-state index contributed by atoms with van der Waals surface area (Å²) in [5.74, 6) is 0.688. The molecule has 1 aromatic heterocycles. The summed E-state index contributed by atoms with van der Waals surface area (Å²) in [5, 5.41) is 3.51. The van der Waals surface area contributed by atoms with Crippen molar-refractivity contribution in [2.75, 3.05) is 20.2 Å². The number of hydrogen-bond donors (Lipinski definition) is 1. The van der Waals surface area contributed by atoms with Crippen LogP contribution in [-0.4, -0.2) is 42.2 Å². The Morgan fingerprint density at radius 3 is 3.06 bits per heavy atom. The van der Waals surface area contributed by atoms with E-state index < -0.39 is 0 Å². The van der Waals surface area contributed by atoms with Gasteiger partial charge in [0.25, 0.3) is 0 Å². The highest BCUT2D eigenvalue weighted by Crippen LogP contribution is 2.25. The van der Waals surface area contributed by atoms with Crippen LogP contribution in [0.1, 0.15) is 12.0 Å². The third kappa shape index (κ3) is 1.79. The topological polar surface area (TPSA) is 37.4 Å². The lowest BCUT2D eigenvalue weighted by atomic mass is 10.2. The zero-order valence-electron chi connectivity index (χ0n) is 9.52. The fraction of sp³-hybridized carbons (Fsp3) is 0.583. The van der Waals surface area contributed by atoms with Gasteiger partial charge in [0, 0.05) is 44.0 Å². The highest BCUT2D eigenvalue weighted by atomic mass is 16.5. The predicted octanol–water partition coefficient (Wildman–Crippen LogP) is 0.636. The van der Waals surface area contributed by atoms with Gasteiger partial charge >= 0.3 is 0 Å². The molecule has 0 aromatic carbocycles. The van der Waals surface area contributed by atoms with Crippen molar-refractivity contribution in [1.29, 1.82) is 0 Å². The van der Waals surface area contributed by atoms with E-state index in [2.05, 4.69) is 21.3 Å². The fourth-order valence-corrected chi connectivity index (χ4v) is 2.70. The molecule has 0 amide bonds. The second-order valence-electron chi connectivity index (χ2n) is 4.63. The number of methoxy groups -OCH3 is 1. The van der Waals surface area contributed by atoms with Gasteiger partial charge in [0.1, 0.15) is 0 Å². The number of piperazine rings is 1. The molecule has 0 radical (unpaired) electrons. The first-order valence-corrected chi connectivity index (χ1v) is 5.81. The molecule has 0 saturated carbocycles. The van der Waals surface area contributed by atoms with E-state index in [-0.39, 0.29) is 0 Å². The first-order chi connectivity index (χ1) is 7.85. The van der Waals surface area contributed by atoms with Crippen LogP contribution < -0.4 is 10.1 Å². The van der Waals surface area contributed by atoms with Crippen molar-refractivity contribution in [2.24, 2.45) is 0 Å². The van der Waals surface area contributed by atoms with Crippen LogP contribution in [0.4, 0.5) is 0 Å². The van der Waals surface area contributed by atoms with Crippen LogP contribution in [0.2, 0.25) is 0 Å². The zero-order valence-corrected chi connectivity index (χ0v) is 9.52. The number of aromatic nitrogens is 1. The minimum absolute atomic E-state index is 0.688. The molecule has 3 rings (SSSR count). The Hall–Kier alpha value is -1.13. The molecule has 2 aliphatic heterocycles. The van der Waals surface area contributed by atoms with Crippen molar-refractivity contribution in [3.63, 3.8) is 0 Å². The lowest BCUT2D eigenvalue weighted by Gasteiger charge is -2.27. The van der Waals surface area contributed by atoms with Crippen LogP contribution >= 0.6 is 0 Å². The molecule has 2 aliphatic rings. The maximum atomic E-state index is 5.05. The third-order valence-electron chi connectivity index (χ3n) is 3.56. The van der Waals surface area contributed by atoms with E-state index in [0.717, 1.165) is 25.2 Å². The van der Waals surface area contributed by atoms with Gasteiger partial charge in [0.05, 0.1) is 7.11 Å². The Labute approximate surface area is 95.6 Å².